The first kappa shape index (κ1) is 18.3. The number of anilines is 1. The van der Waals surface area contributed by atoms with E-state index in [0.29, 0.717) is 18.7 Å². The van der Waals surface area contributed by atoms with Crippen molar-refractivity contribution in [2.75, 3.05) is 32.6 Å². The topological polar surface area (TPSA) is 66.9 Å². The SMILES string of the molecule is COc1ccc(C(=O)N2CCc3cc(S(=O)(=O)N(C)C)ccc32)cc1F. The highest BCUT2D eigenvalue weighted by Gasteiger charge is 2.28. The zero-order valence-corrected chi connectivity index (χ0v) is 15.5. The third-order valence-electron chi connectivity index (χ3n) is 4.37. The lowest BCUT2D eigenvalue weighted by molar-refractivity contribution is 0.0989. The molecule has 0 saturated carbocycles. The molecule has 0 atom stereocenters. The number of rotatable bonds is 4. The van der Waals surface area contributed by atoms with Gasteiger partial charge in [0.05, 0.1) is 12.0 Å². The molecule has 2 aromatic rings. The Bertz CT molecular complexity index is 973. The zero-order chi connectivity index (χ0) is 19.1. The first-order valence-electron chi connectivity index (χ1n) is 7.96. The molecule has 1 aliphatic rings. The van der Waals surface area contributed by atoms with Crippen LogP contribution < -0.4 is 9.64 Å². The minimum absolute atomic E-state index is 0.0712. The lowest BCUT2D eigenvalue weighted by Crippen LogP contribution is -2.29. The molecule has 1 amide bonds. The molecule has 0 fully saturated rings. The van der Waals surface area contributed by atoms with E-state index in [1.165, 1.54) is 44.3 Å². The molecule has 0 unspecified atom stereocenters. The summed E-state index contributed by atoms with van der Waals surface area (Å²) in [5.74, 6) is -0.874. The van der Waals surface area contributed by atoms with Gasteiger partial charge in [0.2, 0.25) is 10.0 Å². The number of carbonyl (C=O) groups is 1. The molecule has 0 N–H and O–H groups in total. The van der Waals surface area contributed by atoms with Crippen molar-refractivity contribution in [1.82, 2.24) is 4.31 Å². The lowest BCUT2D eigenvalue weighted by atomic mass is 10.1. The first-order valence-corrected chi connectivity index (χ1v) is 9.40. The Morgan fingerprint density at radius 3 is 2.54 bits per heavy atom. The number of benzene rings is 2. The maximum Gasteiger partial charge on any atom is 0.258 e. The number of methoxy groups -OCH3 is 1. The minimum Gasteiger partial charge on any atom is -0.494 e. The lowest BCUT2D eigenvalue weighted by Gasteiger charge is -2.18. The Morgan fingerprint density at radius 2 is 1.92 bits per heavy atom. The van der Waals surface area contributed by atoms with Crippen LogP contribution in [-0.4, -0.2) is 46.4 Å². The molecule has 26 heavy (non-hydrogen) atoms. The van der Waals surface area contributed by atoms with Gasteiger partial charge in [-0.05, 0) is 48.4 Å². The second-order valence-corrected chi connectivity index (χ2v) is 8.29. The highest BCUT2D eigenvalue weighted by Crippen LogP contribution is 2.32. The minimum atomic E-state index is -3.54. The van der Waals surface area contributed by atoms with E-state index in [1.807, 2.05) is 0 Å². The summed E-state index contributed by atoms with van der Waals surface area (Å²) in [5.41, 5.74) is 1.63. The summed E-state index contributed by atoms with van der Waals surface area (Å²) in [4.78, 5) is 14.5. The number of hydrogen-bond donors (Lipinski definition) is 0. The van der Waals surface area contributed by atoms with Gasteiger partial charge in [0.1, 0.15) is 0 Å². The van der Waals surface area contributed by atoms with E-state index in [4.69, 9.17) is 4.74 Å². The van der Waals surface area contributed by atoms with Crippen LogP contribution in [-0.2, 0) is 16.4 Å². The second kappa shape index (κ2) is 6.69. The molecule has 3 rings (SSSR count). The average Bonchev–Trinajstić information content (AvgIpc) is 3.04. The fourth-order valence-electron chi connectivity index (χ4n) is 2.92. The van der Waals surface area contributed by atoms with Crippen LogP contribution in [0.1, 0.15) is 15.9 Å². The maximum atomic E-state index is 13.9. The molecule has 0 bridgehead atoms. The van der Waals surface area contributed by atoms with E-state index in [9.17, 15) is 17.6 Å². The van der Waals surface area contributed by atoms with Gasteiger partial charge in [0, 0.05) is 31.9 Å². The van der Waals surface area contributed by atoms with Crippen molar-refractivity contribution in [2.24, 2.45) is 0 Å². The van der Waals surface area contributed by atoms with Crippen molar-refractivity contribution in [1.29, 1.82) is 0 Å². The van der Waals surface area contributed by atoms with Crippen LogP contribution in [0.2, 0.25) is 0 Å². The quantitative estimate of drug-likeness (QED) is 0.819. The maximum absolute atomic E-state index is 13.9. The average molecular weight is 378 g/mol. The molecule has 1 aliphatic heterocycles. The van der Waals surface area contributed by atoms with E-state index in [2.05, 4.69) is 0 Å². The van der Waals surface area contributed by atoms with Crippen molar-refractivity contribution in [3.63, 3.8) is 0 Å². The van der Waals surface area contributed by atoms with Crippen molar-refractivity contribution in [3.05, 3.63) is 53.3 Å². The van der Waals surface area contributed by atoms with Crippen LogP contribution >= 0.6 is 0 Å². The molecular weight excluding hydrogens is 359 g/mol. The van der Waals surface area contributed by atoms with E-state index in [-0.39, 0.29) is 22.1 Å². The zero-order valence-electron chi connectivity index (χ0n) is 14.7. The molecule has 6 nitrogen and oxygen atoms in total. The highest BCUT2D eigenvalue weighted by molar-refractivity contribution is 7.89. The number of halogens is 1. The van der Waals surface area contributed by atoms with Crippen molar-refractivity contribution in [3.8, 4) is 5.75 Å². The molecule has 0 saturated heterocycles. The molecule has 2 aromatic carbocycles. The molecule has 0 spiro atoms. The summed E-state index contributed by atoms with van der Waals surface area (Å²) in [7, 11) is 0.760. The van der Waals surface area contributed by atoms with Crippen LogP contribution in [0.25, 0.3) is 0 Å². The van der Waals surface area contributed by atoms with Gasteiger partial charge in [-0.2, -0.15) is 0 Å². The molecule has 0 radical (unpaired) electrons. The number of hydrogen-bond acceptors (Lipinski definition) is 4. The fourth-order valence-corrected chi connectivity index (χ4v) is 3.87. The smallest absolute Gasteiger partial charge is 0.258 e. The Balaban J connectivity index is 1.93. The summed E-state index contributed by atoms with van der Waals surface area (Å²) < 4.78 is 44.4. The van der Waals surface area contributed by atoms with E-state index >= 15 is 0 Å². The Hall–Kier alpha value is -2.45. The first-order chi connectivity index (χ1) is 12.3. The summed E-state index contributed by atoms with van der Waals surface area (Å²) in [5, 5.41) is 0. The highest BCUT2D eigenvalue weighted by atomic mass is 32.2. The van der Waals surface area contributed by atoms with E-state index < -0.39 is 15.8 Å². The number of fused-ring (bicyclic) bond motifs is 1. The number of amides is 1. The van der Waals surface area contributed by atoms with Crippen LogP contribution in [0.3, 0.4) is 0 Å². The summed E-state index contributed by atoms with van der Waals surface area (Å²) in [6, 6.07) is 8.75. The van der Waals surface area contributed by atoms with Crippen molar-refractivity contribution >= 4 is 21.6 Å². The fraction of sp³-hybridized carbons (Fsp3) is 0.278. The van der Waals surface area contributed by atoms with Crippen molar-refractivity contribution < 1.29 is 22.3 Å². The summed E-state index contributed by atoms with van der Waals surface area (Å²) >= 11 is 0. The second-order valence-electron chi connectivity index (χ2n) is 6.13. The third-order valence-corrected chi connectivity index (χ3v) is 6.18. The molecule has 0 aromatic heterocycles. The summed E-state index contributed by atoms with van der Waals surface area (Å²) in [6.07, 6.45) is 0.538. The Morgan fingerprint density at radius 1 is 1.19 bits per heavy atom. The molecular formula is C18H19FN2O4S. The van der Waals surface area contributed by atoms with Crippen LogP contribution in [0.4, 0.5) is 10.1 Å². The van der Waals surface area contributed by atoms with Gasteiger partial charge >= 0.3 is 0 Å². The molecule has 8 heteroatoms. The van der Waals surface area contributed by atoms with Gasteiger partial charge in [-0.15, -0.1) is 0 Å². The predicted octanol–water partition coefficient (Wildman–Crippen LogP) is 2.29. The van der Waals surface area contributed by atoms with Crippen LogP contribution in [0, 0.1) is 5.82 Å². The Kier molecular flexibility index (Phi) is 4.72. The molecule has 138 valence electrons. The van der Waals surface area contributed by atoms with Gasteiger partial charge in [0.15, 0.2) is 11.6 Å². The number of sulfonamides is 1. The van der Waals surface area contributed by atoms with Gasteiger partial charge in [0.25, 0.3) is 5.91 Å². The molecule has 1 heterocycles. The van der Waals surface area contributed by atoms with Gasteiger partial charge in [-0.3, -0.25) is 4.79 Å². The number of ether oxygens (including phenoxy) is 1. The summed E-state index contributed by atoms with van der Waals surface area (Å²) in [6.45, 7) is 0.410. The van der Waals surface area contributed by atoms with Crippen LogP contribution in [0.15, 0.2) is 41.3 Å². The van der Waals surface area contributed by atoms with Gasteiger partial charge in [-0.1, -0.05) is 0 Å². The Labute approximate surface area is 151 Å². The number of nitrogens with zero attached hydrogens (tertiary/aromatic N) is 2. The third kappa shape index (κ3) is 3.06. The predicted molar refractivity (Wildman–Crippen MR) is 95.6 cm³/mol. The van der Waals surface area contributed by atoms with Crippen LogP contribution in [0.5, 0.6) is 5.75 Å². The standard InChI is InChI=1S/C18H19FN2O4S/c1-20(2)26(23,24)14-5-6-16-12(10-14)8-9-21(16)18(22)13-4-7-17(25-3)15(19)11-13/h4-7,10-11H,8-9H2,1-3H3. The normalized spacial score (nSPS) is 13.8. The van der Waals surface area contributed by atoms with E-state index in [1.54, 1.807) is 12.1 Å². The van der Waals surface area contributed by atoms with E-state index in [0.717, 1.165) is 15.9 Å². The van der Waals surface area contributed by atoms with Gasteiger partial charge < -0.3 is 9.64 Å². The van der Waals surface area contributed by atoms with Crippen molar-refractivity contribution in [2.45, 2.75) is 11.3 Å². The monoisotopic (exact) mass is 378 g/mol. The number of carbonyl (C=O) groups excluding carboxylic acids is 1. The van der Waals surface area contributed by atoms with Gasteiger partial charge in [-0.25, -0.2) is 17.1 Å². The largest absolute Gasteiger partial charge is 0.494 e. The molecule has 0 aliphatic carbocycles.